The smallest absolute Gasteiger partial charge is 0.305 e. The summed E-state index contributed by atoms with van der Waals surface area (Å²) in [6.07, 6.45) is 3.60. The number of carbonyl (C=O) groups excluding carboxylic acids is 1. The van der Waals surface area contributed by atoms with Crippen LogP contribution >= 0.6 is 0 Å². The highest BCUT2D eigenvalue weighted by molar-refractivity contribution is 5.69. The lowest BCUT2D eigenvalue weighted by molar-refractivity contribution is -0.143. The molecule has 0 fully saturated rings. The van der Waals surface area contributed by atoms with Crippen molar-refractivity contribution in [2.24, 2.45) is 0 Å². The Hall–Kier alpha value is -1.51. The van der Waals surface area contributed by atoms with Gasteiger partial charge in [-0.05, 0) is 55.4 Å². The number of benzene rings is 1. The van der Waals surface area contributed by atoms with Crippen LogP contribution in [0.4, 0.5) is 5.69 Å². The summed E-state index contributed by atoms with van der Waals surface area (Å²) in [5.74, 6) is 0.409. The van der Waals surface area contributed by atoms with Gasteiger partial charge in [0.15, 0.2) is 0 Å². The highest BCUT2D eigenvalue weighted by atomic mass is 16.5. The van der Waals surface area contributed by atoms with Crippen LogP contribution in [0.1, 0.15) is 43.2 Å². The van der Waals surface area contributed by atoms with Crippen LogP contribution in [0.25, 0.3) is 0 Å². The number of aryl methyl sites for hydroxylation is 1. The molecule has 92 valence electrons. The number of anilines is 1. The summed E-state index contributed by atoms with van der Waals surface area (Å²) in [7, 11) is 0. The van der Waals surface area contributed by atoms with Gasteiger partial charge in [-0.15, -0.1) is 0 Å². The van der Waals surface area contributed by atoms with Crippen molar-refractivity contribution in [2.75, 3.05) is 12.3 Å². The van der Waals surface area contributed by atoms with Crippen LogP contribution in [-0.4, -0.2) is 12.6 Å². The minimum atomic E-state index is -0.0867. The third-order valence-corrected chi connectivity index (χ3v) is 3.37. The fourth-order valence-electron chi connectivity index (χ4n) is 2.55. The molecular formula is C14H19NO2. The van der Waals surface area contributed by atoms with E-state index < -0.39 is 0 Å². The molecule has 1 aliphatic carbocycles. The van der Waals surface area contributed by atoms with Crippen LogP contribution in [0.3, 0.4) is 0 Å². The number of rotatable bonds is 4. The fourth-order valence-corrected chi connectivity index (χ4v) is 2.55. The molecule has 1 unspecified atom stereocenters. The molecule has 17 heavy (non-hydrogen) atoms. The lowest BCUT2D eigenvalue weighted by atomic mass is 9.96. The Kier molecular flexibility index (Phi) is 3.67. The largest absolute Gasteiger partial charge is 0.466 e. The molecular weight excluding hydrogens is 214 g/mol. The Morgan fingerprint density at radius 1 is 1.53 bits per heavy atom. The predicted molar refractivity (Wildman–Crippen MR) is 67.8 cm³/mol. The minimum Gasteiger partial charge on any atom is -0.466 e. The highest BCUT2D eigenvalue weighted by Crippen LogP contribution is 2.37. The molecule has 0 saturated carbocycles. The van der Waals surface area contributed by atoms with E-state index >= 15 is 0 Å². The molecule has 0 spiro atoms. The molecule has 2 N–H and O–H groups in total. The lowest BCUT2D eigenvalue weighted by Crippen LogP contribution is -2.06. The average Bonchev–Trinajstić information content (AvgIpc) is 2.69. The van der Waals surface area contributed by atoms with Gasteiger partial charge in [-0.3, -0.25) is 4.79 Å². The molecule has 3 nitrogen and oxygen atoms in total. The molecule has 1 atom stereocenters. The van der Waals surface area contributed by atoms with E-state index in [1.54, 1.807) is 0 Å². The van der Waals surface area contributed by atoms with Crippen LogP contribution in [0.2, 0.25) is 0 Å². The molecule has 1 aliphatic rings. The van der Waals surface area contributed by atoms with Crippen molar-refractivity contribution in [3.8, 4) is 0 Å². The minimum absolute atomic E-state index is 0.0867. The van der Waals surface area contributed by atoms with E-state index in [1.165, 1.54) is 11.1 Å². The van der Waals surface area contributed by atoms with E-state index in [-0.39, 0.29) is 5.97 Å². The molecule has 0 aromatic heterocycles. The van der Waals surface area contributed by atoms with E-state index in [0.717, 1.165) is 24.9 Å². The maximum Gasteiger partial charge on any atom is 0.305 e. The van der Waals surface area contributed by atoms with Gasteiger partial charge in [0.2, 0.25) is 0 Å². The molecule has 0 amide bonds. The zero-order valence-electron chi connectivity index (χ0n) is 10.2. The van der Waals surface area contributed by atoms with Crippen molar-refractivity contribution in [1.82, 2.24) is 0 Å². The number of nitrogen functional groups attached to an aromatic ring is 1. The fraction of sp³-hybridized carbons (Fsp3) is 0.500. The van der Waals surface area contributed by atoms with Gasteiger partial charge in [0.25, 0.3) is 0 Å². The summed E-state index contributed by atoms with van der Waals surface area (Å²) >= 11 is 0. The number of carbonyl (C=O) groups is 1. The molecule has 0 bridgehead atoms. The van der Waals surface area contributed by atoms with Gasteiger partial charge < -0.3 is 10.5 Å². The Labute approximate surface area is 102 Å². The molecule has 0 heterocycles. The van der Waals surface area contributed by atoms with Gasteiger partial charge in [0.1, 0.15) is 0 Å². The quantitative estimate of drug-likeness (QED) is 0.642. The Balaban J connectivity index is 1.95. The van der Waals surface area contributed by atoms with Crippen LogP contribution < -0.4 is 5.73 Å². The van der Waals surface area contributed by atoms with Crippen molar-refractivity contribution in [2.45, 2.75) is 38.5 Å². The van der Waals surface area contributed by atoms with Crippen LogP contribution in [-0.2, 0) is 16.0 Å². The van der Waals surface area contributed by atoms with E-state index in [1.807, 2.05) is 13.0 Å². The SMILES string of the molecule is CCOC(=O)CCC1CCc2cc(N)ccc21. The molecule has 0 aliphatic heterocycles. The van der Waals surface area contributed by atoms with Crippen molar-refractivity contribution in [3.05, 3.63) is 29.3 Å². The first-order valence-electron chi connectivity index (χ1n) is 6.24. The zero-order valence-corrected chi connectivity index (χ0v) is 10.2. The summed E-state index contributed by atoms with van der Waals surface area (Å²) in [5, 5.41) is 0. The van der Waals surface area contributed by atoms with Gasteiger partial charge in [-0.25, -0.2) is 0 Å². The van der Waals surface area contributed by atoms with E-state index in [4.69, 9.17) is 10.5 Å². The summed E-state index contributed by atoms with van der Waals surface area (Å²) in [6, 6.07) is 6.11. The lowest BCUT2D eigenvalue weighted by Gasteiger charge is -2.11. The van der Waals surface area contributed by atoms with E-state index in [2.05, 4.69) is 12.1 Å². The third kappa shape index (κ3) is 2.78. The number of esters is 1. The summed E-state index contributed by atoms with van der Waals surface area (Å²) < 4.78 is 4.95. The maximum atomic E-state index is 11.3. The van der Waals surface area contributed by atoms with E-state index in [0.29, 0.717) is 18.9 Å². The zero-order chi connectivity index (χ0) is 12.3. The molecule has 3 heteroatoms. The molecule has 0 saturated heterocycles. The first kappa shape index (κ1) is 12.0. The third-order valence-electron chi connectivity index (χ3n) is 3.37. The molecule has 0 radical (unpaired) electrons. The second-order valence-corrected chi connectivity index (χ2v) is 4.54. The number of ether oxygens (including phenoxy) is 1. The number of hydrogen-bond donors (Lipinski definition) is 1. The van der Waals surface area contributed by atoms with Gasteiger partial charge in [0, 0.05) is 12.1 Å². The first-order valence-corrected chi connectivity index (χ1v) is 6.24. The number of nitrogens with two attached hydrogens (primary N) is 1. The summed E-state index contributed by atoms with van der Waals surface area (Å²) in [4.78, 5) is 11.3. The average molecular weight is 233 g/mol. The van der Waals surface area contributed by atoms with Crippen molar-refractivity contribution in [1.29, 1.82) is 0 Å². The molecule has 1 aromatic rings. The highest BCUT2D eigenvalue weighted by Gasteiger charge is 2.23. The van der Waals surface area contributed by atoms with Crippen LogP contribution in [0.15, 0.2) is 18.2 Å². The van der Waals surface area contributed by atoms with Gasteiger partial charge in [0.05, 0.1) is 6.61 Å². The van der Waals surface area contributed by atoms with Gasteiger partial charge in [-0.1, -0.05) is 6.07 Å². The van der Waals surface area contributed by atoms with Crippen molar-refractivity contribution >= 4 is 11.7 Å². The molecule has 1 aromatic carbocycles. The van der Waals surface area contributed by atoms with Crippen molar-refractivity contribution < 1.29 is 9.53 Å². The van der Waals surface area contributed by atoms with Crippen molar-refractivity contribution in [3.63, 3.8) is 0 Å². The summed E-state index contributed by atoms with van der Waals surface area (Å²) in [5.41, 5.74) is 9.30. The molecule has 2 rings (SSSR count). The second kappa shape index (κ2) is 5.21. The maximum absolute atomic E-state index is 11.3. The Bertz CT molecular complexity index is 415. The Morgan fingerprint density at radius 2 is 2.35 bits per heavy atom. The summed E-state index contributed by atoms with van der Waals surface area (Å²) in [6.45, 7) is 2.31. The number of hydrogen-bond acceptors (Lipinski definition) is 3. The van der Waals surface area contributed by atoms with Crippen LogP contribution in [0.5, 0.6) is 0 Å². The second-order valence-electron chi connectivity index (χ2n) is 4.54. The Morgan fingerprint density at radius 3 is 3.12 bits per heavy atom. The topological polar surface area (TPSA) is 52.3 Å². The van der Waals surface area contributed by atoms with Crippen LogP contribution in [0, 0.1) is 0 Å². The van der Waals surface area contributed by atoms with Gasteiger partial charge >= 0.3 is 5.97 Å². The first-order chi connectivity index (χ1) is 8.20. The monoisotopic (exact) mass is 233 g/mol. The normalized spacial score (nSPS) is 17.8. The standard InChI is InChI=1S/C14H19NO2/c1-2-17-14(16)8-5-10-3-4-11-9-12(15)6-7-13(10)11/h6-7,9-10H,2-5,8,15H2,1H3. The van der Waals surface area contributed by atoms with Gasteiger partial charge in [-0.2, -0.15) is 0 Å². The predicted octanol–water partition coefficient (Wildman–Crippen LogP) is 2.64. The van der Waals surface area contributed by atoms with E-state index in [9.17, 15) is 4.79 Å². The number of fused-ring (bicyclic) bond motifs is 1.